The van der Waals surface area contributed by atoms with Crippen LogP contribution in [0.25, 0.3) is 11.5 Å². The number of carbonyl (C=O) groups is 1. The van der Waals surface area contributed by atoms with Crippen molar-refractivity contribution in [3.8, 4) is 11.5 Å². The van der Waals surface area contributed by atoms with Crippen LogP contribution in [0.2, 0.25) is 0 Å². The van der Waals surface area contributed by atoms with Crippen LogP contribution in [0.4, 0.5) is 0 Å². The summed E-state index contributed by atoms with van der Waals surface area (Å²) in [4.78, 5) is 15.2. The molecule has 0 atom stereocenters. The smallest absolute Gasteiger partial charge is 0.360 e. The van der Waals surface area contributed by atoms with Crippen LogP contribution in [0.5, 0.6) is 0 Å². The third-order valence-electron chi connectivity index (χ3n) is 2.34. The van der Waals surface area contributed by atoms with E-state index < -0.39 is 5.97 Å². The molecule has 0 unspecified atom stereocenters. The number of oxazole rings is 1. The molecular formula is C12H13ClN2O3. The maximum Gasteiger partial charge on any atom is 0.360 e. The van der Waals surface area contributed by atoms with Crippen molar-refractivity contribution in [1.82, 2.24) is 4.98 Å². The van der Waals surface area contributed by atoms with Crippen molar-refractivity contribution in [3.63, 3.8) is 0 Å². The maximum absolute atomic E-state index is 11.2. The van der Waals surface area contributed by atoms with Crippen molar-refractivity contribution < 1.29 is 13.9 Å². The number of halogens is 1. The van der Waals surface area contributed by atoms with Gasteiger partial charge < -0.3 is 14.9 Å². The first kappa shape index (κ1) is 14.2. The lowest BCUT2D eigenvalue weighted by atomic mass is 10.1. The molecular weight excluding hydrogens is 256 g/mol. The molecule has 96 valence electrons. The Bertz CT molecular complexity index is 522. The molecule has 1 heterocycles. The zero-order valence-corrected chi connectivity index (χ0v) is 10.6. The van der Waals surface area contributed by atoms with Gasteiger partial charge in [0, 0.05) is 12.1 Å². The molecule has 0 fully saturated rings. The number of benzene rings is 1. The fourth-order valence-corrected chi connectivity index (χ4v) is 1.39. The van der Waals surface area contributed by atoms with Crippen LogP contribution in [-0.2, 0) is 11.3 Å². The molecule has 6 heteroatoms. The lowest BCUT2D eigenvalue weighted by molar-refractivity contribution is 0.0594. The Morgan fingerprint density at radius 1 is 1.39 bits per heavy atom. The molecule has 0 saturated heterocycles. The van der Waals surface area contributed by atoms with Gasteiger partial charge in [-0.3, -0.25) is 0 Å². The number of hydrogen-bond acceptors (Lipinski definition) is 5. The zero-order chi connectivity index (χ0) is 12.3. The van der Waals surface area contributed by atoms with Crippen LogP contribution in [0.15, 0.2) is 34.9 Å². The highest BCUT2D eigenvalue weighted by atomic mass is 35.5. The van der Waals surface area contributed by atoms with Crippen LogP contribution >= 0.6 is 12.4 Å². The van der Waals surface area contributed by atoms with Gasteiger partial charge in [-0.2, -0.15) is 0 Å². The lowest BCUT2D eigenvalue weighted by Gasteiger charge is -1.97. The van der Waals surface area contributed by atoms with Crippen LogP contribution < -0.4 is 5.73 Å². The molecule has 1 aromatic carbocycles. The topological polar surface area (TPSA) is 78.3 Å². The van der Waals surface area contributed by atoms with E-state index in [4.69, 9.17) is 10.2 Å². The van der Waals surface area contributed by atoms with Gasteiger partial charge in [0.05, 0.1) is 7.11 Å². The number of methoxy groups -OCH3 is 1. The van der Waals surface area contributed by atoms with E-state index in [-0.39, 0.29) is 18.1 Å². The summed E-state index contributed by atoms with van der Waals surface area (Å²) in [6, 6.07) is 7.46. The number of hydrogen-bond donors (Lipinski definition) is 1. The van der Waals surface area contributed by atoms with Gasteiger partial charge >= 0.3 is 5.97 Å². The van der Waals surface area contributed by atoms with Crippen molar-refractivity contribution in [3.05, 3.63) is 41.8 Å². The largest absolute Gasteiger partial charge is 0.464 e. The monoisotopic (exact) mass is 268 g/mol. The number of nitrogens with two attached hydrogens (primary N) is 1. The van der Waals surface area contributed by atoms with Crippen LogP contribution in [0.3, 0.4) is 0 Å². The second-order valence-corrected chi connectivity index (χ2v) is 3.43. The molecule has 2 aromatic rings. The SMILES string of the molecule is COC(=O)c1coc(-c2ccc(CN)cc2)n1.Cl. The third kappa shape index (κ3) is 2.88. The van der Waals surface area contributed by atoms with E-state index in [2.05, 4.69) is 9.72 Å². The molecule has 0 saturated carbocycles. The molecule has 0 aliphatic carbocycles. The second-order valence-electron chi connectivity index (χ2n) is 3.43. The minimum Gasteiger partial charge on any atom is -0.464 e. The van der Waals surface area contributed by atoms with E-state index in [1.54, 1.807) is 0 Å². The highest BCUT2D eigenvalue weighted by Crippen LogP contribution is 2.19. The van der Waals surface area contributed by atoms with Crippen molar-refractivity contribution in [2.24, 2.45) is 5.73 Å². The second kappa shape index (κ2) is 6.18. The number of carbonyl (C=O) groups excluding carboxylic acids is 1. The fourth-order valence-electron chi connectivity index (χ4n) is 1.39. The highest BCUT2D eigenvalue weighted by molar-refractivity contribution is 5.87. The van der Waals surface area contributed by atoms with Gasteiger partial charge in [-0.05, 0) is 17.7 Å². The fraction of sp³-hybridized carbons (Fsp3) is 0.167. The Labute approximate surface area is 110 Å². The quantitative estimate of drug-likeness (QED) is 0.862. The lowest BCUT2D eigenvalue weighted by Crippen LogP contribution is -2.01. The van der Waals surface area contributed by atoms with E-state index in [1.165, 1.54) is 13.4 Å². The van der Waals surface area contributed by atoms with E-state index in [0.29, 0.717) is 12.4 Å². The van der Waals surface area contributed by atoms with Gasteiger partial charge in [0.15, 0.2) is 5.69 Å². The number of rotatable bonds is 3. The Morgan fingerprint density at radius 3 is 2.61 bits per heavy atom. The van der Waals surface area contributed by atoms with Crippen LogP contribution in [0, 0.1) is 0 Å². The van der Waals surface area contributed by atoms with E-state index in [0.717, 1.165) is 11.1 Å². The predicted molar refractivity (Wildman–Crippen MR) is 68.4 cm³/mol. The van der Waals surface area contributed by atoms with Gasteiger partial charge in [0.25, 0.3) is 0 Å². The molecule has 5 nitrogen and oxygen atoms in total. The Kier molecular flexibility index (Phi) is 4.88. The van der Waals surface area contributed by atoms with Crippen molar-refractivity contribution in [2.45, 2.75) is 6.54 Å². The average molecular weight is 269 g/mol. The Balaban J connectivity index is 0.00000162. The van der Waals surface area contributed by atoms with Gasteiger partial charge in [-0.15, -0.1) is 12.4 Å². The molecule has 0 amide bonds. The standard InChI is InChI=1S/C12H12N2O3.ClH/c1-16-12(15)10-7-17-11(14-10)9-4-2-8(6-13)3-5-9;/h2-5,7H,6,13H2,1H3;1H. The summed E-state index contributed by atoms with van der Waals surface area (Å²) in [6.07, 6.45) is 1.28. The summed E-state index contributed by atoms with van der Waals surface area (Å²) in [6.45, 7) is 0.485. The van der Waals surface area contributed by atoms with Gasteiger partial charge in [0.2, 0.25) is 5.89 Å². The van der Waals surface area contributed by atoms with E-state index in [1.807, 2.05) is 24.3 Å². The molecule has 1 aromatic heterocycles. The maximum atomic E-state index is 11.2. The number of esters is 1. The van der Waals surface area contributed by atoms with Gasteiger partial charge in [-0.25, -0.2) is 9.78 Å². The number of aromatic nitrogens is 1. The molecule has 0 spiro atoms. The van der Waals surface area contributed by atoms with Gasteiger partial charge in [0.1, 0.15) is 6.26 Å². The number of ether oxygens (including phenoxy) is 1. The van der Waals surface area contributed by atoms with Crippen molar-refractivity contribution in [1.29, 1.82) is 0 Å². The number of nitrogens with zero attached hydrogens (tertiary/aromatic N) is 1. The van der Waals surface area contributed by atoms with Gasteiger partial charge in [-0.1, -0.05) is 12.1 Å². The summed E-state index contributed by atoms with van der Waals surface area (Å²) in [5, 5.41) is 0. The first-order valence-corrected chi connectivity index (χ1v) is 5.08. The minimum absolute atomic E-state index is 0. The van der Waals surface area contributed by atoms with E-state index >= 15 is 0 Å². The molecule has 0 aliphatic rings. The summed E-state index contributed by atoms with van der Waals surface area (Å²) in [7, 11) is 1.30. The normalized spacial score (nSPS) is 9.67. The Hall–Kier alpha value is -1.85. The van der Waals surface area contributed by atoms with E-state index in [9.17, 15) is 4.79 Å². The molecule has 0 radical (unpaired) electrons. The zero-order valence-electron chi connectivity index (χ0n) is 9.75. The molecule has 2 N–H and O–H groups in total. The Morgan fingerprint density at radius 2 is 2.06 bits per heavy atom. The van der Waals surface area contributed by atoms with Crippen molar-refractivity contribution in [2.75, 3.05) is 7.11 Å². The summed E-state index contributed by atoms with van der Waals surface area (Å²) >= 11 is 0. The van der Waals surface area contributed by atoms with Crippen LogP contribution in [-0.4, -0.2) is 18.1 Å². The van der Waals surface area contributed by atoms with Crippen molar-refractivity contribution >= 4 is 18.4 Å². The summed E-state index contributed by atoms with van der Waals surface area (Å²) in [5.74, 6) is -0.132. The average Bonchev–Trinajstić information content (AvgIpc) is 2.87. The third-order valence-corrected chi connectivity index (χ3v) is 2.34. The molecule has 18 heavy (non-hydrogen) atoms. The first-order valence-electron chi connectivity index (χ1n) is 5.08. The van der Waals surface area contributed by atoms with Crippen LogP contribution in [0.1, 0.15) is 16.1 Å². The molecule has 2 rings (SSSR count). The minimum atomic E-state index is -0.515. The molecule has 0 aliphatic heterocycles. The predicted octanol–water partition coefficient (Wildman–Crippen LogP) is 2.01. The molecule has 0 bridgehead atoms. The summed E-state index contributed by atoms with van der Waals surface area (Å²) in [5.41, 5.74) is 7.47. The first-order chi connectivity index (χ1) is 8.24. The highest BCUT2D eigenvalue weighted by Gasteiger charge is 2.13. The summed E-state index contributed by atoms with van der Waals surface area (Å²) < 4.78 is 9.75.